The third-order valence-electron chi connectivity index (χ3n) is 4.68. The summed E-state index contributed by atoms with van der Waals surface area (Å²) in [5, 5.41) is 17.4. The van der Waals surface area contributed by atoms with E-state index in [0.29, 0.717) is 11.5 Å². The van der Waals surface area contributed by atoms with Crippen molar-refractivity contribution in [1.82, 2.24) is 14.8 Å². The van der Waals surface area contributed by atoms with Crippen LogP contribution in [0, 0.1) is 11.3 Å². The normalized spacial score (nSPS) is 12.0. The van der Waals surface area contributed by atoms with Gasteiger partial charge in [-0.3, -0.25) is 9.36 Å². The minimum atomic E-state index is -4.56. The van der Waals surface area contributed by atoms with Gasteiger partial charge in [-0.05, 0) is 49.4 Å². The Labute approximate surface area is 203 Å². The highest BCUT2D eigenvalue weighted by Gasteiger charge is 2.31. The van der Waals surface area contributed by atoms with Gasteiger partial charge in [-0.15, -0.1) is 10.2 Å². The molecule has 0 amide bonds. The third-order valence-corrected chi connectivity index (χ3v) is 5.61. The predicted molar refractivity (Wildman–Crippen MR) is 122 cm³/mol. The van der Waals surface area contributed by atoms with Crippen molar-refractivity contribution in [2.75, 3.05) is 12.9 Å². The fraction of sp³-hybridized carbons (Fsp3) is 0.217. The summed E-state index contributed by atoms with van der Waals surface area (Å²) in [4.78, 5) is 12.4. The highest BCUT2D eigenvalue weighted by molar-refractivity contribution is 7.99. The summed E-state index contributed by atoms with van der Waals surface area (Å²) in [6, 6.07) is 13.1. The zero-order valence-corrected chi connectivity index (χ0v) is 19.5. The lowest BCUT2D eigenvalue weighted by atomic mass is 10.2. The molecule has 0 bridgehead atoms. The number of allylic oxidation sites excluding steroid dienone is 2. The average Bonchev–Trinajstić information content (AvgIpc) is 3.24. The van der Waals surface area contributed by atoms with Gasteiger partial charge in [-0.25, -0.2) is 0 Å². The molecule has 12 heteroatoms. The molecular weight excluding hydrogens is 483 g/mol. The number of ketones is 1. The number of methoxy groups -OCH3 is 1. The number of nitrogens with two attached hydrogens (primary N) is 1. The summed E-state index contributed by atoms with van der Waals surface area (Å²) in [6.45, 7) is 1.32. The van der Waals surface area contributed by atoms with E-state index in [2.05, 4.69) is 10.2 Å². The first kappa shape index (κ1) is 25.6. The summed E-state index contributed by atoms with van der Waals surface area (Å²) in [6.07, 6.45) is -4.56. The number of halogens is 3. The van der Waals surface area contributed by atoms with Gasteiger partial charge in [-0.2, -0.15) is 18.4 Å². The maximum Gasteiger partial charge on any atom is 0.416 e. The molecule has 0 aliphatic carbocycles. The van der Waals surface area contributed by atoms with E-state index in [1.54, 1.807) is 30.3 Å². The molecule has 0 aliphatic rings. The minimum Gasteiger partial charge on any atom is -0.497 e. The van der Waals surface area contributed by atoms with Crippen LogP contribution in [0.5, 0.6) is 11.5 Å². The second-order valence-corrected chi connectivity index (χ2v) is 8.07. The molecule has 0 fully saturated rings. The summed E-state index contributed by atoms with van der Waals surface area (Å²) >= 11 is 0.918. The zero-order valence-electron chi connectivity index (χ0n) is 18.7. The molecule has 1 aromatic heterocycles. The van der Waals surface area contributed by atoms with Crippen molar-refractivity contribution in [2.45, 2.75) is 24.9 Å². The van der Waals surface area contributed by atoms with Gasteiger partial charge >= 0.3 is 6.18 Å². The van der Waals surface area contributed by atoms with Gasteiger partial charge in [-0.1, -0.05) is 17.8 Å². The SMILES string of the molecule is COc1ccc(OCc2nnc(SCC(=O)/C(C#N)=C(/C)N)n2-c2cccc(C(F)(F)F)c2)cc1. The van der Waals surface area contributed by atoms with E-state index in [1.165, 1.54) is 30.7 Å². The van der Waals surface area contributed by atoms with Gasteiger partial charge in [0.15, 0.2) is 16.8 Å². The van der Waals surface area contributed by atoms with E-state index in [-0.39, 0.29) is 40.3 Å². The first-order valence-corrected chi connectivity index (χ1v) is 11.0. The maximum atomic E-state index is 13.3. The van der Waals surface area contributed by atoms with Crippen molar-refractivity contribution in [3.05, 3.63) is 71.2 Å². The van der Waals surface area contributed by atoms with E-state index in [4.69, 9.17) is 20.5 Å². The molecule has 0 radical (unpaired) electrons. The molecule has 3 rings (SSSR count). The fourth-order valence-corrected chi connectivity index (χ4v) is 3.80. The van der Waals surface area contributed by atoms with Crippen molar-refractivity contribution in [2.24, 2.45) is 5.73 Å². The average molecular weight is 504 g/mol. The van der Waals surface area contributed by atoms with Crippen LogP contribution in [0.15, 0.2) is 65.0 Å². The van der Waals surface area contributed by atoms with E-state index >= 15 is 0 Å². The van der Waals surface area contributed by atoms with Crippen LogP contribution in [0.3, 0.4) is 0 Å². The largest absolute Gasteiger partial charge is 0.497 e. The molecule has 0 saturated carbocycles. The number of aromatic nitrogens is 3. The fourth-order valence-electron chi connectivity index (χ4n) is 2.96. The number of nitrogens with zero attached hydrogens (tertiary/aromatic N) is 4. The first-order valence-electron chi connectivity index (χ1n) is 10.0. The standard InChI is InChI=1S/C23H20F3N5O3S/c1-14(28)19(11-27)20(32)13-35-22-30-29-21(12-34-18-8-6-17(33-2)7-9-18)31(22)16-5-3-4-15(10-16)23(24,25)26/h3-10H,12-13,28H2,1-2H3/b19-14-. The van der Waals surface area contributed by atoms with E-state index in [9.17, 15) is 18.0 Å². The number of carbonyl (C=O) groups is 1. The van der Waals surface area contributed by atoms with Crippen molar-refractivity contribution in [1.29, 1.82) is 5.26 Å². The number of hydrogen-bond acceptors (Lipinski definition) is 8. The molecule has 0 atom stereocenters. The minimum absolute atomic E-state index is 0.0750. The summed E-state index contributed by atoms with van der Waals surface area (Å²) < 4.78 is 52.2. The Morgan fingerprint density at radius 2 is 1.86 bits per heavy atom. The van der Waals surface area contributed by atoms with Crippen LogP contribution in [-0.4, -0.2) is 33.4 Å². The lowest BCUT2D eigenvalue weighted by Gasteiger charge is -2.13. The van der Waals surface area contributed by atoms with Gasteiger partial charge in [0.1, 0.15) is 29.7 Å². The molecule has 0 spiro atoms. The number of alkyl halides is 3. The molecule has 1 heterocycles. The van der Waals surface area contributed by atoms with Crippen molar-refractivity contribution >= 4 is 17.5 Å². The topological polar surface area (TPSA) is 116 Å². The van der Waals surface area contributed by atoms with Crippen LogP contribution >= 0.6 is 11.8 Å². The van der Waals surface area contributed by atoms with Gasteiger partial charge in [0.05, 0.1) is 24.1 Å². The molecule has 35 heavy (non-hydrogen) atoms. The number of nitriles is 1. The molecule has 0 unspecified atom stereocenters. The molecule has 2 N–H and O–H groups in total. The number of hydrogen-bond donors (Lipinski definition) is 1. The number of rotatable bonds is 9. The van der Waals surface area contributed by atoms with Crippen LogP contribution in [0.25, 0.3) is 5.69 Å². The van der Waals surface area contributed by atoms with Crippen molar-refractivity contribution in [3.8, 4) is 23.3 Å². The van der Waals surface area contributed by atoms with Gasteiger partial charge in [0.2, 0.25) is 0 Å². The third kappa shape index (κ3) is 6.33. The lowest BCUT2D eigenvalue weighted by Crippen LogP contribution is -2.12. The Bertz CT molecular complexity index is 1280. The highest BCUT2D eigenvalue weighted by Crippen LogP contribution is 2.32. The van der Waals surface area contributed by atoms with Crippen LogP contribution in [0.4, 0.5) is 13.2 Å². The van der Waals surface area contributed by atoms with E-state index in [0.717, 1.165) is 23.9 Å². The molecule has 2 aromatic carbocycles. The van der Waals surface area contributed by atoms with Crippen molar-refractivity contribution < 1.29 is 27.4 Å². The predicted octanol–water partition coefficient (Wildman–Crippen LogP) is 4.29. The zero-order chi connectivity index (χ0) is 25.6. The molecule has 0 saturated heterocycles. The van der Waals surface area contributed by atoms with Gasteiger partial charge < -0.3 is 15.2 Å². The summed E-state index contributed by atoms with van der Waals surface area (Å²) in [5.74, 6) is 0.573. The molecular formula is C23H20F3N5O3S. The maximum absolute atomic E-state index is 13.3. The monoisotopic (exact) mass is 503 g/mol. The number of thioether (sulfide) groups is 1. The summed E-state index contributed by atoms with van der Waals surface area (Å²) in [5.41, 5.74) is 4.74. The van der Waals surface area contributed by atoms with Crippen LogP contribution in [0.1, 0.15) is 18.3 Å². The van der Waals surface area contributed by atoms with Crippen LogP contribution in [-0.2, 0) is 17.6 Å². The molecule has 0 aliphatic heterocycles. The number of Topliss-reactive ketones (excluding diaryl/α,β-unsaturated/α-hetero) is 1. The summed E-state index contributed by atoms with van der Waals surface area (Å²) in [7, 11) is 1.53. The van der Waals surface area contributed by atoms with Gasteiger partial charge in [0, 0.05) is 5.70 Å². The quantitative estimate of drug-likeness (QED) is 0.261. The number of ether oxygens (including phenoxy) is 2. The smallest absolute Gasteiger partial charge is 0.416 e. The Balaban J connectivity index is 1.93. The lowest BCUT2D eigenvalue weighted by molar-refractivity contribution is -0.137. The van der Waals surface area contributed by atoms with Crippen LogP contribution in [0.2, 0.25) is 0 Å². The highest BCUT2D eigenvalue weighted by atomic mass is 32.2. The van der Waals surface area contributed by atoms with Crippen molar-refractivity contribution in [3.63, 3.8) is 0 Å². The Hall–Kier alpha value is -3.98. The van der Waals surface area contributed by atoms with E-state index < -0.39 is 17.5 Å². The number of benzene rings is 2. The Kier molecular flexibility index (Phi) is 8.03. The molecule has 3 aromatic rings. The molecule has 8 nitrogen and oxygen atoms in total. The van der Waals surface area contributed by atoms with Gasteiger partial charge in [0.25, 0.3) is 0 Å². The van der Waals surface area contributed by atoms with Crippen LogP contribution < -0.4 is 15.2 Å². The van der Waals surface area contributed by atoms with E-state index in [1.807, 2.05) is 0 Å². The first-order chi connectivity index (χ1) is 16.6. The second kappa shape index (κ2) is 11.0. The molecule has 182 valence electrons. The number of carbonyl (C=O) groups excluding carboxylic acids is 1. The Morgan fingerprint density at radius 1 is 1.17 bits per heavy atom. The Morgan fingerprint density at radius 3 is 2.46 bits per heavy atom. The second-order valence-electron chi connectivity index (χ2n) is 7.13.